The zero-order valence-corrected chi connectivity index (χ0v) is 14.6. The van der Waals surface area contributed by atoms with Gasteiger partial charge in [-0.05, 0) is 6.07 Å². The summed E-state index contributed by atoms with van der Waals surface area (Å²) in [5, 5.41) is 19.8. The topological polar surface area (TPSA) is 129 Å². The molecule has 10 nitrogen and oxygen atoms in total. The first-order valence-corrected chi connectivity index (χ1v) is 8.67. The molecule has 1 aliphatic rings. The SMILES string of the molecule is O=C(O)CCNc1nc(-c2cccc3[nH]ncc23)nc(N2CCOCC2)n1. The van der Waals surface area contributed by atoms with Crippen LogP contribution in [0.4, 0.5) is 11.9 Å². The molecule has 27 heavy (non-hydrogen) atoms. The predicted molar refractivity (Wildman–Crippen MR) is 98.7 cm³/mol. The molecule has 1 aromatic carbocycles. The highest BCUT2D eigenvalue weighted by Gasteiger charge is 2.18. The number of carbonyl (C=O) groups is 1. The van der Waals surface area contributed by atoms with Gasteiger partial charge in [-0.2, -0.15) is 20.1 Å². The van der Waals surface area contributed by atoms with Crippen molar-refractivity contribution in [2.75, 3.05) is 43.1 Å². The van der Waals surface area contributed by atoms with Gasteiger partial charge in [0.05, 0.1) is 31.3 Å². The first-order chi connectivity index (χ1) is 13.2. The summed E-state index contributed by atoms with van der Waals surface area (Å²) in [5.41, 5.74) is 1.72. The molecule has 1 aliphatic heterocycles. The standard InChI is InChI=1S/C17H19N7O3/c25-14(26)4-5-18-16-20-15(11-2-1-3-13-12(11)10-19-23-13)21-17(22-16)24-6-8-27-9-7-24/h1-3,10H,4-9H2,(H,19,23)(H,25,26)(H,18,20,21,22). The Balaban J connectivity index is 1.72. The number of carboxylic acid groups (broad SMARTS) is 1. The number of aromatic nitrogens is 5. The summed E-state index contributed by atoms with van der Waals surface area (Å²) in [6.07, 6.45) is 1.71. The molecular weight excluding hydrogens is 350 g/mol. The molecule has 0 atom stereocenters. The van der Waals surface area contributed by atoms with Crippen LogP contribution < -0.4 is 10.2 Å². The third-order valence-corrected chi connectivity index (χ3v) is 4.27. The Bertz CT molecular complexity index is 953. The lowest BCUT2D eigenvalue weighted by Gasteiger charge is -2.27. The summed E-state index contributed by atoms with van der Waals surface area (Å²) in [4.78, 5) is 26.4. The molecule has 0 spiro atoms. The van der Waals surface area contributed by atoms with E-state index in [0.29, 0.717) is 44.0 Å². The predicted octanol–water partition coefficient (Wildman–Crippen LogP) is 1.14. The summed E-state index contributed by atoms with van der Waals surface area (Å²) in [6, 6.07) is 5.77. The number of nitrogens with zero attached hydrogens (tertiary/aromatic N) is 5. The third-order valence-electron chi connectivity index (χ3n) is 4.27. The van der Waals surface area contributed by atoms with Crippen molar-refractivity contribution >= 4 is 28.8 Å². The van der Waals surface area contributed by atoms with Crippen LogP contribution in [0.3, 0.4) is 0 Å². The maximum absolute atomic E-state index is 10.8. The van der Waals surface area contributed by atoms with E-state index in [1.165, 1.54) is 0 Å². The van der Waals surface area contributed by atoms with Gasteiger partial charge in [-0.3, -0.25) is 9.89 Å². The first-order valence-electron chi connectivity index (χ1n) is 8.67. The number of hydrogen-bond acceptors (Lipinski definition) is 8. The van der Waals surface area contributed by atoms with Gasteiger partial charge in [0.25, 0.3) is 0 Å². The number of rotatable bonds is 6. The molecule has 0 amide bonds. The number of hydrogen-bond donors (Lipinski definition) is 3. The molecule has 0 unspecified atom stereocenters. The van der Waals surface area contributed by atoms with Gasteiger partial charge in [0, 0.05) is 30.6 Å². The Morgan fingerprint density at radius 2 is 2.11 bits per heavy atom. The number of ether oxygens (including phenoxy) is 1. The fourth-order valence-corrected chi connectivity index (χ4v) is 2.91. The fourth-order valence-electron chi connectivity index (χ4n) is 2.91. The minimum atomic E-state index is -0.881. The number of aliphatic carboxylic acids is 1. The highest BCUT2D eigenvalue weighted by Crippen LogP contribution is 2.27. The number of nitrogens with one attached hydrogen (secondary N) is 2. The summed E-state index contributed by atoms with van der Waals surface area (Å²) >= 11 is 0. The lowest BCUT2D eigenvalue weighted by atomic mass is 10.1. The summed E-state index contributed by atoms with van der Waals surface area (Å²) in [5.74, 6) is 0.523. The monoisotopic (exact) mass is 369 g/mol. The molecule has 10 heteroatoms. The highest BCUT2D eigenvalue weighted by atomic mass is 16.5. The Morgan fingerprint density at radius 1 is 1.26 bits per heavy atom. The molecule has 3 N–H and O–H groups in total. The molecule has 0 aliphatic carbocycles. The van der Waals surface area contributed by atoms with Gasteiger partial charge >= 0.3 is 5.97 Å². The van der Waals surface area contributed by atoms with Crippen LogP contribution in [0.15, 0.2) is 24.4 Å². The molecule has 4 rings (SSSR count). The highest BCUT2D eigenvalue weighted by molar-refractivity contribution is 5.92. The van der Waals surface area contributed by atoms with Crippen molar-refractivity contribution in [2.45, 2.75) is 6.42 Å². The van der Waals surface area contributed by atoms with Crippen molar-refractivity contribution in [1.29, 1.82) is 0 Å². The Labute approximate surface area is 154 Å². The van der Waals surface area contributed by atoms with Gasteiger partial charge in [-0.1, -0.05) is 12.1 Å². The van der Waals surface area contributed by atoms with Crippen LogP contribution in [-0.4, -0.2) is 69.1 Å². The number of H-pyrrole nitrogens is 1. The van der Waals surface area contributed by atoms with Crippen molar-refractivity contribution in [1.82, 2.24) is 25.1 Å². The quantitative estimate of drug-likeness (QED) is 0.585. The Morgan fingerprint density at radius 3 is 2.93 bits per heavy atom. The van der Waals surface area contributed by atoms with Crippen LogP contribution in [0.25, 0.3) is 22.3 Å². The molecule has 1 saturated heterocycles. The van der Waals surface area contributed by atoms with Crippen LogP contribution in [-0.2, 0) is 9.53 Å². The average molecular weight is 369 g/mol. The average Bonchev–Trinajstić information content (AvgIpc) is 3.17. The zero-order valence-electron chi connectivity index (χ0n) is 14.6. The molecule has 1 fully saturated rings. The molecule has 140 valence electrons. The smallest absolute Gasteiger partial charge is 0.305 e. The lowest BCUT2D eigenvalue weighted by Crippen LogP contribution is -2.37. The normalized spacial score (nSPS) is 14.4. The van der Waals surface area contributed by atoms with E-state index in [1.54, 1.807) is 6.20 Å². The molecule has 3 aromatic rings. The van der Waals surface area contributed by atoms with E-state index < -0.39 is 5.97 Å². The van der Waals surface area contributed by atoms with Gasteiger partial charge < -0.3 is 20.1 Å². The number of benzene rings is 1. The van der Waals surface area contributed by atoms with Crippen LogP contribution in [0.5, 0.6) is 0 Å². The minimum Gasteiger partial charge on any atom is -0.481 e. The van der Waals surface area contributed by atoms with E-state index in [2.05, 4.69) is 30.5 Å². The fraction of sp³-hybridized carbons (Fsp3) is 0.353. The number of morpholine rings is 1. The molecule has 3 heterocycles. The van der Waals surface area contributed by atoms with Gasteiger partial charge in [0.2, 0.25) is 11.9 Å². The van der Waals surface area contributed by atoms with Crippen LogP contribution in [0, 0.1) is 0 Å². The summed E-state index contributed by atoms with van der Waals surface area (Å²) in [6.45, 7) is 2.83. The van der Waals surface area contributed by atoms with E-state index in [9.17, 15) is 4.79 Å². The molecule has 0 saturated carbocycles. The van der Waals surface area contributed by atoms with Crippen LogP contribution in [0.1, 0.15) is 6.42 Å². The van der Waals surface area contributed by atoms with E-state index in [4.69, 9.17) is 9.84 Å². The number of carboxylic acids is 1. The molecule has 0 bridgehead atoms. The van der Waals surface area contributed by atoms with Crippen molar-refractivity contribution in [3.63, 3.8) is 0 Å². The van der Waals surface area contributed by atoms with Crippen molar-refractivity contribution in [2.24, 2.45) is 0 Å². The lowest BCUT2D eigenvalue weighted by molar-refractivity contribution is -0.136. The van der Waals surface area contributed by atoms with Crippen molar-refractivity contribution in [3.05, 3.63) is 24.4 Å². The molecular formula is C17H19N7O3. The molecule has 0 radical (unpaired) electrons. The maximum Gasteiger partial charge on any atom is 0.305 e. The van der Waals surface area contributed by atoms with Crippen molar-refractivity contribution in [3.8, 4) is 11.4 Å². The number of anilines is 2. The van der Waals surface area contributed by atoms with E-state index in [-0.39, 0.29) is 13.0 Å². The third kappa shape index (κ3) is 3.80. The van der Waals surface area contributed by atoms with Gasteiger partial charge in [-0.25, -0.2) is 0 Å². The molecule has 2 aromatic heterocycles. The van der Waals surface area contributed by atoms with E-state index >= 15 is 0 Å². The maximum atomic E-state index is 10.8. The van der Waals surface area contributed by atoms with Gasteiger partial charge in [0.15, 0.2) is 5.82 Å². The number of fused-ring (bicyclic) bond motifs is 1. The Kier molecular flexibility index (Phi) is 4.79. The first kappa shape index (κ1) is 17.2. The second-order valence-electron chi connectivity index (χ2n) is 6.09. The van der Waals surface area contributed by atoms with E-state index in [0.717, 1.165) is 16.5 Å². The largest absolute Gasteiger partial charge is 0.481 e. The van der Waals surface area contributed by atoms with Gasteiger partial charge in [-0.15, -0.1) is 0 Å². The second-order valence-corrected chi connectivity index (χ2v) is 6.09. The zero-order chi connectivity index (χ0) is 18.6. The summed E-state index contributed by atoms with van der Waals surface area (Å²) < 4.78 is 5.40. The van der Waals surface area contributed by atoms with E-state index in [1.807, 2.05) is 23.1 Å². The van der Waals surface area contributed by atoms with Gasteiger partial charge in [0.1, 0.15) is 0 Å². The van der Waals surface area contributed by atoms with Crippen LogP contribution >= 0.6 is 0 Å². The van der Waals surface area contributed by atoms with Crippen LogP contribution in [0.2, 0.25) is 0 Å². The summed E-state index contributed by atoms with van der Waals surface area (Å²) in [7, 11) is 0. The minimum absolute atomic E-state index is 0.0226. The van der Waals surface area contributed by atoms with Crippen molar-refractivity contribution < 1.29 is 14.6 Å². The second kappa shape index (κ2) is 7.54. The number of aromatic amines is 1. The Hall–Kier alpha value is -3.27.